The molecule has 0 aliphatic heterocycles. The van der Waals surface area contributed by atoms with E-state index in [9.17, 15) is 9.67 Å². The van der Waals surface area contributed by atoms with Crippen LogP contribution in [-0.2, 0) is 13.6 Å². The first-order valence-corrected chi connectivity index (χ1v) is 9.68. The van der Waals surface area contributed by atoms with E-state index in [0.29, 0.717) is 34.9 Å². The van der Waals surface area contributed by atoms with Crippen molar-refractivity contribution in [2.24, 2.45) is 0 Å². The summed E-state index contributed by atoms with van der Waals surface area (Å²) in [6.45, 7) is 8.16. The predicted molar refractivity (Wildman–Crippen MR) is 95.8 cm³/mol. The second-order valence-corrected chi connectivity index (χ2v) is 7.39. The zero-order valence-electron chi connectivity index (χ0n) is 14.7. The zero-order chi connectivity index (χ0) is 17.7. The second-order valence-electron chi connectivity index (χ2n) is 5.80. The molecular formula is C18H25O5P. The van der Waals surface area contributed by atoms with Crippen LogP contribution in [0, 0.1) is 13.8 Å². The Morgan fingerprint density at radius 3 is 2.21 bits per heavy atom. The molecule has 24 heavy (non-hydrogen) atoms. The Labute approximate surface area is 143 Å². The van der Waals surface area contributed by atoms with Gasteiger partial charge in [-0.1, -0.05) is 31.5 Å². The normalized spacial score (nSPS) is 11.8. The summed E-state index contributed by atoms with van der Waals surface area (Å²) in [4.78, 5) is 0. The van der Waals surface area contributed by atoms with Gasteiger partial charge in [0, 0.05) is 10.8 Å². The Bertz CT molecular complexity index is 745. The summed E-state index contributed by atoms with van der Waals surface area (Å²) in [6, 6.07) is 7.22. The topological polar surface area (TPSA) is 65.0 Å². The number of phenolic OH excluding ortho intramolecular Hbond substituents is 1. The first-order chi connectivity index (χ1) is 11.4. The first-order valence-electron chi connectivity index (χ1n) is 8.21. The molecule has 0 aromatic heterocycles. The molecule has 132 valence electrons. The fourth-order valence-corrected chi connectivity index (χ4v) is 3.82. The molecule has 0 aliphatic carbocycles. The van der Waals surface area contributed by atoms with Gasteiger partial charge < -0.3 is 9.63 Å². The number of benzene rings is 2. The minimum Gasteiger partial charge on any atom is -0.507 e. The van der Waals surface area contributed by atoms with Crippen LogP contribution in [0.1, 0.15) is 37.8 Å². The summed E-state index contributed by atoms with van der Waals surface area (Å²) in [7, 11) is -3.71. The number of hydrogen-bond acceptors (Lipinski definition) is 5. The Morgan fingerprint density at radius 1 is 1.00 bits per heavy atom. The Hall–Kier alpha value is -1.55. The van der Waals surface area contributed by atoms with Crippen LogP contribution in [0.25, 0.3) is 10.8 Å². The van der Waals surface area contributed by atoms with E-state index in [-0.39, 0.29) is 19.0 Å². The molecule has 0 saturated carbocycles. The van der Waals surface area contributed by atoms with Crippen LogP contribution in [0.15, 0.2) is 24.3 Å². The third kappa shape index (κ3) is 4.29. The highest BCUT2D eigenvalue weighted by Crippen LogP contribution is 2.52. The van der Waals surface area contributed by atoms with Crippen molar-refractivity contribution >= 4 is 18.6 Å². The van der Waals surface area contributed by atoms with Crippen LogP contribution in [0.3, 0.4) is 0 Å². The summed E-state index contributed by atoms with van der Waals surface area (Å²) in [6.07, 6.45) is 1.41. The van der Waals surface area contributed by atoms with Gasteiger partial charge in [-0.3, -0.25) is 9.05 Å². The van der Waals surface area contributed by atoms with Crippen LogP contribution in [0.2, 0.25) is 0 Å². The quantitative estimate of drug-likeness (QED) is 0.635. The maximum Gasteiger partial charge on any atom is 0.530 e. The van der Waals surface area contributed by atoms with Crippen molar-refractivity contribution in [2.45, 2.75) is 40.5 Å². The molecule has 0 bridgehead atoms. The predicted octanol–water partition coefficient (Wildman–Crippen LogP) is 5.50. The van der Waals surface area contributed by atoms with Crippen LogP contribution in [0.5, 0.6) is 11.5 Å². The summed E-state index contributed by atoms with van der Waals surface area (Å²) in [5, 5.41) is 11.5. The van der Waals surface area contributed by atoms with Gasteiger partial charge in [-0.25, -0.2) is 4.57 Å². The molecule has 0 heterocycles. The lowest BCUT2D eigenvalue weighted by Crippen LogP contribution is -2.05. The van der Waals surface area contributed by atoms with Crippen LogP contribution in [-0.4, -0.2) is 18.3 Å². The van der Waals surface area contributed by atoms with E-state index in [1.165, 1.54) is 0 Å². The van der Waals surface area contributed by atoms with Crippen LogP contribution < -0.4 is 4.52 Å². The van der Waals surface area contributed by atoms with Crippen molar-refractivity contribution < 1.29 is 23.2 Å². The first kappa shape index (κ1) is 18.8. The number of phosphoric acid groups is 1. The van der Waals surface area contributed by atoms with Gasteiger partial charge in [0.15, 0.2) is 0 Å². The molecule has 0 radical (unpaired) electrons. The van der Waals surface area contributed by atoms with E-state index in [0.717, 1.165) is 5.56 Å². The summed E-state index contributed by atoms with van der Waals surface area (Å²) < 4.78 is 29.4. The lowest BCUT2D eigenvalue weighted by atomic mass is 10.0. The molecule has 0 aliphatic rings. The molecule has 0 atom stereocenters. The van der Waals surface area contributed by atoms with Crippen molar-refractivity contribution in [1.82, 2.24) is 0 Å². The van der Waals surface area contributed by atoms with Gasteiger partial charge in [-0.2, -0.15) is 0 Å². The van der Waals surface area contributed by atoms with Crippen molar-refractivity contribution in [3.63, 3.8) is 0 Å². The molecule has 5 nitrogen and oxygen atoms in total. The largest absolute Gasteiger partial charge is 0.530 e. The maximum absolute atomic E-state index is 12.9. The minimum absolute atomic E-state index is 0.164. The summed E-state index contributed by atoms with van der Waals surface area (Å²) in [5.41, 5.74) is 1.68. The van der Waals surface area contributed by atoms with Crippen molar-refractivity contribution in [2.75, 3.05) is 13.2 Å². The molecule has 2 aromatic carbocycles. The van der Waals surface area contributed by atoms with E-state index in [4.69, 9.17) is 13.6 Å². The highest BCUT2D eigenvalue weighted by atomic mass is 31.2. The summed E-state index contributed by atoms with van der Waals surface area (Å²) >= 11 is 0. The van der Waals surface area contributed by atoms with Gasteiger partial charge in [0.1, 0.15) is 11.5 Å². The molecule has 2 aromatic rings. The molecule has 0 unspecified atom stereocenters. The Balaban J connectivity index is 2.47. The van der Waals surface area contributed by atoms with Crippen LogP contribution in [0.4, 0.5) is 0 Å². The molecule has 6 heteroatoms. The molecule has 0 spiro atoms. The number of phosphoric ester groups is 1. The molecule has 1 N–H and O–H groups in total. The third-order valence-electron chi connectivity index (χ3n) is 3.52. The fraction of sp³-hybridized carbons (Fsp3) is 0.444. The number of aryl methyl sites for hydroxylation is 2. The smallest absolute Gasteiger partial charge is 0.507 e. The Kier molecular flexibility index (Phi) is 6.27. The van der Waals surface area contributed by atoms with E-state index < -0.39 is 7.82 Å². The maximum atomic E-state index is 12.9. The molecular weight excluding hydrogens is 327 g/mol. The van der Waals surface area contributed by atoms with Gasteiger partial charge in [0.25, 0.3) is 0 Å². The Morgan fingerprint density at radius 2 is 1.62 bits per heavy atom. The van der Waals surface area contributed by atoms with Gasteiger partial charge in [-0.05, 0) is 44.4 Å². The molecule has 0 saturated heterocycles. The van der Waals surface area contributed by atoms with E-state index in [1.54, 1.807) is 13.0 Å². The lowest BCUT2D eigenvalue weighted by molar-refractivity contribution is 0.156. The molecule has 2 rings (SSSR count). The molecule has 0 amide bonds. The monoisotopic (exact) mass is 352 g/mol. The highest BCUT2D eigenvalue weighted by molar-refractivity contribution is 7.49. The number of aromatic hydroxyl groups is 1. The number of fused-ring (bicyclic) bond motifs is 1. The average molecular weight is 352 g/mol. The van der Waals surface area contributed by atoms with Gasteiger partial charge in [0.2, 0.25) is 0 Å². The second kappa shape index (κ2) is 8.02. The van der Waals surface area contributed by atoms with E-state index >= 15 is 0 Å². The van der Waals surface area contributed by atoms with E-state index in [1.807, 2.05) is 39.0 Å². The average Bonchev–Trinajstić information content (AvgIpc) is 2.55. The van der Waals surface area contributed by atoms with Crippen molar-refractivity contribution in [3.8, 4) is 11.5 Å². The third-order valence-corrected chi connectivity index (χ3v) is 4.92. The van der Waals surface area contributed by atoms with Crippen molar-refractivity contribution in [1.29, 1.82) is 0 Å². The fourth-order valence-electron chi connectivity index (χ4n) is 2.36. The number of hydrogen-bond donors (Lipinski definition) is 1. The summed E-state index contributed by atoms with van der Waals surface area (Å²) in [5.74, 6) is 0.579. The van der Waals surface area contributed by atoms with Crippen molar-refractivity contribution in [3.05, 3.63) is 35.4 Å². The van der Waals surface area contributed by atoms with E-state index in [2.05, 4.69) is 0 Å². The van der Waals surface area contributed by atoms with Gasteiger partial charge in [-0.15, -0.1) is 0 Å². The SMILES string of the molecule is CCCOP(=O)(OCCC)Oc1c(C)cc(O)c2cc(C)ccc12. The number of rotatable bonds is 8. The zero-order valence-corrected chi connectivity index (χ0v) is 15.6. The van der Waals surface area contributed by atoms with Gasteiger partial charge >= 0.3 is 7.82 Å². The van der Waals surface area contributed by atoms with Crippen LogP contribution >= 0.6 is 7.82 Å². The number of phenols is 1. The lowest BCUT2D eigenvalue weighted by Gasteiger charge is -2.21. The standard InChI is InChI=1S/C18H25O5P/c1-5-9-21-24(20,22-10-6-2)23-18-14(4)12-17(19)16-11-13(3)7-8-15(16)18/h7-8,11-12,19H,5-6,9-10H2,1-4H3. The molecule has 0 fully saturated rings. The highest BCUT2D eigenvalue weighted by Gasteiger charge is 2.30. The minimum atomic E-state index is -3.71. The van der Waals surface area contributed by atoms with Gasteiger partial charge in [0.05, 0.1) is 13.2 Å².